The summed E-state index contributed by atoms with van der Waals surface area (Å²) in [7, 11) is -3.78. The Morgan fingerprint density at radius 2 is 1.59 bits per heavy atom. The van der Waals surface area contributed by atoms with E-state index >= 15 is 0 Å². The lowest BCUT2D eigenvalue weighted by Crippen LogP contribution is -2.30. The van der Waals surface area contributed by atoms with Crippen molar-refractivity contribution >= 4 is 38.5 Å². The Morgan fingerprint density at radius 3 is 2.21 bits per heavy atom. The van der Waals surface area contributed by atoms with E-state index in [1.165, 1.54) is 0 Å². The van der Waals surface area contributed by atoms with Crippen molar-refractivity contribution in [2.45, 2.75) is 29.2 Å². The summed E-state index contributed by atoms with van der Waals surface area (Å²) in [6.07, 6.45) is 0.0163. The van der Waals surface area contributed by atoms with E-state index in [1.54, 1.807) is 48.5 Å². The van der Waals surface area contributed by atoms with Gasteiger partial charge >= 0.3 is 0 Å². The van der Waals surface area contributed by atoms with Crippen molar-refractivity contribution in [1.29, 1.82) is 0 Å². The van der Waals surface area contributed by atoms with E-state index in [9.17, 15) is 13.2 Å². The maximum absolute atomic E-state index is 12.9. The normalized spacial score (nSPS) is 12.5. The summed E-state index contributed by atoms with van der Waals surface area (Å²) in [6.45, 7) is 1.89. The van der Waals surface area contributed by atoms with Crippen LogP contribution in [-0.4, -0.2) is 13.5 Å². The summed E-state index contributed by atoms with van der Waals surface area (Å²) in [5.74, 6) is 0. The van der Waals surface area contributed by atoms with Crippen LogP contribution in [-0.2, 0) is 14.8 Å². The van der Waals surface area contributed by atoms with E-state index in [4.69, 9.17) is 11.6 Å². The van der Waals surface area contributed by atoms with Crippen molar-refractivity contribution in [3.8, 4) is 0 Å². The zero-order chi connectivity index (χ0) is 20.9. The van der Waals surface area contributed by atoms with Crippen LogP contribution in [0.15, 0.2) is 88.7 Å². The molecule has 3 aromatic carbocycles. The van der Waals surface area contributed by atoms with Crippen LogP contribution in [0.1, 0.15) is 23.6 Å². The molecule has 0 radical (unpaired) electrons. The molecule has 0 aliphatic heterocycles. The van der Waals surface area contributed by atoms with E-state index in [1.807, 2.05) is 37.3 Å². The van der Waals surface area contributed by atoms with E-state index < -0.39 is 16.1 Å². The highest BCUT2D eigenvalue weighted by Gasteiger charge is 2.24. The Bertz CT molecular complexity index is 1070. The van der Waals surface area contributed by atoms with Gasteiger partial charge in [0, 0.05) is 16.3 Å². The number of benzene rings is 3. The van der Waals surface area contributed by atoms with Crippen molar-refractivity contribution in [1.82, 2.24) is 4.72 Å². The second-order valence-electron chi connectivity index (χ2n) is 6.53. The smallest absolute Gasteiger partial charge is 0.241 e. The van der Waals surface area contributed by atoms with Gasteiger partial charge in [-0.05, 0) is 48.9 Å². The van der Waals surface area contributed by atoms with E-state index in [-0.39, 0.29) is 16.4 Å². The molecular formula is C22H20ClNO3S2. The first-order valence-corrected chi connectivity index (χ1v) is 11.6. The Hall–Kier alpha value is -2.12. The topological polar surface area (TPSA) is 63.2 Å². The molecule has 0 aliphatic carbocycles. The van der Waals surface area contributed by atoms with Crippen LogP contribution in [0.25, 0.3) is 0 Å². The fraction of sp³-hybridized carbons (Fsp3) is 0.136. The number of carbonyl (C=O) groups is 1. The molecule has 1 N–H and O–H groups in total. The summed E-state index contributed by atoms with van der Waals surface area (Å²) < 4.78 is 28.4. The van der Waals surface area contributed by atoms with Gasteiger partial charge in [0.15, 0.2) is 5.12 Å². The van der Waals surface area contributed by atoms with E-state index in [0.717, 1.165) is 27.8 Å². The predicted octanol–water partition coefficient (Wildman–Crippen LogP) is 5.38. The number of sulfonamides is 1. The van der Waals surface area contributed by atoms with E-state index in [0.29, 0.717) is 5.02 Å². The second-order valence-corrected chi connectivity index (χ2v) is 9.81. The zero-order valence-corrected chi connectivity index (χ0v) is 18.1. The molecule has 0 saturated heterocycles. The van der Waals surface area contributed by atoms with Crippen molar-refractivity contribution in [3.63, 3.8) is 0 Å². The summed E-state index contributed by atoms with van der Waals surface area (Å²) in [4.78, 5) is 13.6. The van der Waals surface area contributed by atoms with Gasteiger partial charge in [-0.25, -0.2) is 13.1 Å². The monoisotopic (exact) mass is 445 g/mol. The number of nitrogens with one attached hydrogen (secondary N) is 1. The summed E-state index contributed by atoms with van der Waals surface area (Å²) in [5.41, 5.74) is 1.70. The molecule has 0 spiro atoms. The van der Waals surface area contributed by atoms with Gasteiger partial charge in [0.2, 0.25) is 10.0 Å². The lowest BCUT2D eigenvalue weighted by molar-refractivity contribution is -0.111. The third kappa shape index (κ3) is 6.18. The number of hydrogen-bond donors (Lipinski definition) is 1. The Balaban J connectivity index is 1.80. The van der Waals surface area contributed by atoms with Crippen LogP contribution in [0.3, 0.4) is 0 Å². The second kappa shape index (κ2) is 9.59. The van der Waals surface area contributed by atoms with Gasteiger partial charge in [0.25, 0.3) is 0 Å². The van der Waals surface area contributed by atoms with Crippen molar-refractivity contribution in [2.75, 3.05) is 0 Å². The molecule has 0 aliphatic rings. The number of thioether (sulfide) groups is 1. The van der Waals surface area contributed by atoms with Crippen molar-refractivity contribution in [3.05, 3.63) is 95.0 Å². The zero-order valence-electron chi connectivity index (χ0n) is 15.7. The molecule has 0 aromatic heterocycles. The minimum absolute atomic E-state index is 0.0163. The van der Waals surface area contributed by atoms with Crippen LogP contribution in [0.5, 0.6) is 0 Å². The number of rotatable bonds is 7. The molecule has 29 heavy (non-hydrogen) atoms. The molecule has 3 rings (SSSR count). The Kier molecular flexibility index (Phi) is 7.14. The summed E-state index contributed by atoms with van der Waals surface area (Å²) in [5, 5.41) is 0.447. The molecule has 0 bridgehead atoms. The van der Waals surface area contributed by atoms with Crippen LogP contribution in [0.2, 0.25) is 5.02 Å². The van der Waals surface area contributed by atoms with Gasteiger partial charge < -0.3 is 0 Å². The molecule has 0 unspecified atom stereocenters. The largest absolute Gasteiger partial charge is 0.287 e. The van der Waals surface area contributed by atoms with Gasteiger partial charge in [-0.3, -0.25) is 4.79 Å². The molecule has 4 nitrogen and oxygen atoms in total. The SMILES string of the molecule is Cc1ccc(S(=O)(=O)N[C@@H](CC(=O)Sc2ccc(Cl)cc2)c2ccccc2)cc1. The lowest BCUT2D eigenvalue weighted by atomic mass is 10.1. The van der Waals surface area contributed by atoms with Crippen molar-refractivity contribution in [2.24, 2.45) is 0 Å². The fourth-order valence-corrected chi connectivity index (χ4v) is 4.86. The van der Waals surface area contributed by atoms with Gasteiger partial charge in [-0.1, -0.05) is 71.4 Å². The minimum atomic E-state index is -3.78. The standard InChI is InChI=1S/C22H20ClNO3S2/c1-16-7-13-20(14-8-16)29(26,27)24-21(17-5-3-2-4-6-17)15-22(25)28-19-11-9-18(23)10-12-19/h2-14,21,24H,15H2,1H3/t21-/m0/s1. The first kappa shape index (κ1) is 21.6. The quantitative estimate of drug-likeness (QED) is 0.496. The first-order valence-electron chi connectivity index (χ1n) is 8.94. The predicted molar refractivity (Wildman–Crippen MR) is 118 cm³/mol. The molecule has 3 aromatic rings. The van der Waals surface area contributed by atoms with Gasteiger partial charge in [0.05, 0.1) is 10.9 Å². The average Bonchev–Trinajstić information content (AvgIpc) is 2.70. The minimum Gasteiger partial charge on any atom is -0.287 e. The number of halogens is 1. The van der Waals surface area contributed by atoms with Gasteiger partial charge in [0.1, 0.15) is 0 Å². The highest BCUT2D eigenvalue weighted by Crippen LogP contribution is 2.27. The third-order valence-electron chi connectivity index (χ3n) is 4.25. The Labute approximate surface area is 180 Å². The molecule has 1 atom stereocenters. The first-order chi connectivity index (χ1) is 13.8. The molecule has 7 heteroatoms. The molecule has 0 heterocycles. The van der Waals surface area contributed by atoms with Gasteiger partial charge in [-0.2, -0.15) is 0 Å². The van der Waals surface area contributed by atoms with Crippen LogP contribution >= 0.6 is 23.4 Å². The fourth-order valence-electron chi connectivity index (χ4n) is 2.73. The highest BCUT2D eigenvalue weighted by molar-refractivity contribution is 8.13. The molecule has 0 fully saturated rings. The van der Waals surface area contributed by atoms with Gasteiger partial charge in [-0.15, -0.1) is 0 Å². The highest BCUT2D eigenvalue weighted by atomic mass is 35.5. The number of aryl methyl sites for hydroxylation is 1. The maximum Gasteiger partial charge on any atom is 0.241 e. The summed E-state index contributed by atoms with van der Waals surface area (Å²) >= 11 is 6.95. The maximum atomic E-state index is 12.9. The molecule has 0 saturated carbocycles. The molecule has 0 amide bonds. The Morgan fingerprint density at radius 1 is 0.966 bits per heavy atom. The average molecular weight is 446 g/mol. The third-order valence-corrected chi connectivity index (χ3v) is 6.89. The van der Waals surface area contributed by atoms with Crippen LogP contribution < -0.4 is 4.72 Å². The molecule has 150 valence electrons. The lowest BCUT2D eigenvalue weighted by Gasteiger charge is -2.19. The van der Waals surface area contributed by atoms with Crippen LogP contribution in [0, 0.1) is 6.92 Å². The summed E-state index contributed by atoms with van der Waals surface area (Å²) in [6, 6.07) is 22.0. The number of carbonyl (C=O) groups excluding carboxylic acids is 1. The molecular weight excluding hydrogens is 426 g/mol. The van der Waals surface area contributed by atoms with Crippen molar-refractivity contribution < 1.29 is 13.2 Å². The number of hydrogen-bond acceptors (Lipinski definition) is 4. The van der Waals surface area contributed by atoms with Crippen LogP contribution in [0.4, 0.5) is 0 Å². The van der Waals surface area contributed by atoms with E-state index in [2.05, 4.69) is 4.72 Å².